The lowest BCUT2D eigenvalue weighted by Crippen LogP contribution is -2.53. The third-order valence-electron chi connectivity index (χ3n) is 4.38. The standard InChI is InChI=1S/C19H23BN2O/c1-4-5-12-21-16-8-6-7-9-17(16)22(19(21)20-23)18-13-14(2)10-11-15(18)3/h6-11,13,23H,4-5,12H2,1-3H3/q+1. The molecule has 0 unspecified atom stereocenters. The van der Waals surface area contributed by atoms with Crippen molar-refractivity contribution in [3.05, 3.63) is 53.6 Å². The Morgan fingerprint density at radius 1 is 1.13 bits per heavy atom. The Kier molecular flexibility index (Phi) is 4.53. The molecule has 0 aliphatic heterocycles. The third-order valence-corrected chi connectivity index (χ3v) is 4.38. The Morgan fingerprint density at radius 2 is 1.91 bits per heavy atom. The first-order chi connectivity index (χ1) is 11.2. The van der Waals surface area contributed by atoms with Crippen molar-refractivity contribution in [2.24, 2.45) is 0 Å². The summed E-state index contributed by atoms with van der Waals surface area (Å²) in [5.74, 6) is 0. The number of benzene rings is 2. The molecule has 0 bridgehead atoms. The second-order valence-corrected chi connectivity index (χ2v) is 6.11. The summed E-state index contributed by atoms with van der Waals surface area (Å²) < 4.78 is 4.37. The van der Waals surface area contributed by atoms with Gasteiger partial charge in [-0.05, 0) is 49.6 Å². The van der Waals surface area contributed by atoms with E-state index in [4.69, 9.17) is 0 Å². The van der Waals surface area contributed by atoms with Gasteiger partial charge in [0, 0.05) is 0 Å². The molecule has 2 aromatic carbocycles. The topological polar surface area (TPSA) is 29.0 Å². The van der Waals surface area contributed by atoms with E-state index in [1.807, 2.05) is 0 Å². The van der Waals surface area contributed by atoms with Crippen LogP contribution in [0.15, 0.2) is 42.5 Å². The van der Waals surface area contributed by atoms with E-state index < -0.39 is 0 Å². The van der Waals surface area contributed by atoms with Gasteiger partial charge in [-0.25, -0.2) is 4.57 Å². The van der Waals surface area contributed by atoms with E-state index in [2.05, 4.69) is 72.4 Å². The quantitative estimate of drug-likeness (QED) is 0.570. The number of unbranched alkanes of at least 4 members (excludes halogenated alkanes) is 1. The molecule has 0 amide bonds. The molecule has 0 saturated carbocycles. The zero-order chi connectivity index (χ0) is 16.4. The minimum atomic E-state index is 0.827. The van der Waals surface area contributed by atoms with Gasteiger partial charge in [-0.1, -0.05) is 37.6 Å². The molecule has 0 aliphatic rings. The van der Waals surface area contributed by atoms with Crippen molar-refractivity contribution in [1.29, 1.82) is 0 Å². The molecule has 0 atom stereocenters. The number of hydrogen-bond acceptors (Lipinski definition) is 1. The van der Waals surface area contributed by atoms with Gasteiger partial charge >= 0.3 is 7.48 Å². The second-order valence-electron chi connectivity index (χ2n) is 6.11. The fraction of sp³-hybridized carbons (Fsp3) is 0.316. The molecule has 1 radical (unpaired) electrons. The maximum Gasteiger partial charge on any atom is 0.441 e. The molecule has 3 rings (SSSR count). The van der Waals surface area contributed by atoms with Crippen LogP contribution in [0.25, 0.3) is 16.7 Å². The summed E-state index contributed by atoms with van der Waals surface area (Å²) in [6, 6.07) is 14.8. The SMILES string of the molecule is CCCC[n+]1c([B]O)n(-c2cc(C)ccc2C)c2ccccc21. The molecule has 0 aliphatic carbocycles. The van der Waals surface area contributed by atoms with Gasteiger partial charge in [-0.15, -0.1) is 0 Å². The lowest BCUT2D eigenvalue weighted by atomic mass is 9.99. The summed E-state index contributed by atoms with van der Waals surface area (Å²) in [5.41, 5.74) is 6.64. The highest BCUT2D eigenvalue weighted by Gasteiger charge is 2.27. The number of nitrogens with zero attached hydrogens (tertiary/aromatic N) is 2. The molecule has 3 nitrogen and oxygen atoms in total. The number of para-hydroxylation sites is 2. The molecule has 117 valence electrons. The summed E-state index contributed by atoms with van der Waals surface area (Å²) >= 11 is 0. The fourth-order valence-corrected chi connectivity index (χ4v) is 3.14. The van der Waals surface area contributed by atoms with Gasteiger partial charge in [-0.2, -0.15) is 4.57 Å². The van der Waals surface area contributed by atoms with E-state index in [9.17, 15) is 5.02 Å². The molecule has 1 heterocycles. The van der Waals surface area contributed by atoms with Crippen molar-refractivity contribution in [3.63, 3.8) is 0 Å². The Bertz CT molecular complexity index is 839. The largest absolute Gasteiger partial charge is 0.444 e. The minimum absolute atomic E-state index is 0.827. The van der Waals surface area contributed by atoms with Gasteiger partial charge in [-0.3, -0.25) is 0 Å². The highest BCUT2D eigenvalue weighted by Crippen LogP contribution is 2.20. The molecule has 23 heavy (non-hydrogen) atoms. The average Bonchev–Trinajstić information content (AvgIpc) is 2.88. The van der Waals surface area contributed by atoms with Crippen molar-refractivity contribution >= 4 is 24.2 Å². The van der Waals surface area contributed by atoms with E-state index in [1.54, 1.807) is 0 Å². The van der Waals surface area contributed by atoms with E-state index in [1.165, 1.54) is 18.6 Å². The first-order valence-electron chi connectivity index (χ1n) is 8.25. The van der Waals surface area contributed by atoms with Crippen molar-refractivity contribution in [2.45, 2.75) is 40.2 Å². The molecule has 4 heteroatoms. The molecular formula is C19H23BN2O+. The number of rotatable bonds is 5. The van der Waals surface area contributed by atoms with E-state index in [0.29, 0.717) is 0 Å². The van der Waals surface area contributed by atoms with Gasteiger partial charge in [0.1, 0.15) is 5.69 Å². The van der Waals surface area contributed by atoms with E-state index >= 15 is 0 Å². The van der Waals surface area contributed by atoms with E-state index in [-0.39, 0.29) is 0 Å². The zero-order valence-electron chi connectivity index (χ0n) is 14.1. The Morgan fingerprint density at radius 3 is 2.65 bits per heavy atom. The zero-order valence-corrected chi connectivity index (χ0v) is 14.1. The number of aryl methyl sites for hydroxylation is 3. The van der Waals surface area contributed by atoms with Gasteiger partial charge in [0.05, 0.1) is 6.54 Å². The second kappa shape index (κ2) is 6.59. The van der Waals surface area contributed by atoms with Crippen LogP contribution in [0.5, 0.6) is 0 Å². The Hall–Kier alpha value is -2.07. The number of aromatic nitrogens is 2. The number of hydrogen-bond donors (Lipinski definition) is 1. The lowest BCUT2D eigenvalue weighted by Gasteiger charge is -2.06. The van der Waals surface area contributed by atoms with Gasteiger partial charge < -0.3 is 5.02 Å². The van der Waals surface area contributed by atoms with Crippen molar-refractivity contribution in [3.8, 4) is 5.69 Å². The lowest BCUT2D eigenvalue weighted by molar-refractivity contribution is -0.655. The molecule has 0 saturated heterocycles. The van der Waals surface area contributed by atoms with Crippen molar-refractivity contribution < 1.29 is 9.59 Å². The highest BCUT2D eigenvalue weighted by molar-refractivity contribution is 6.42. The fourth-order valence-electron chi connectivity index (χ4n) is 3.14. The van der Waals surface area contributed by atoms with Crippen LogP contribution in [0.2, 0.25) is 0 Å². The summed E-state index contributed by atoms with van der Waals surface area (Å²) in [6.45, 7) is 7.30. The van der Waals surface area contributed by atoms with Crippen LogP contribution >= 0.6 is 0 Å². The summed E-state index contributed by atoms with van der Waals surface area (Å²) in [4.78, 5) is 0. The first kappa shape index (κ1) is 15.8. The Balaban J connectivity index is 2.33. The predicted octanol–water partition coefficient (Wildman–Crippen LogP) is 2.57. The van der Waals surface area contributed by atoms with Crippen molar-refractivity contribution in [1.82, 2.24) is 4.57 Å². The van der Waals surface area contributed by atoms with Crippen LogP contribution in [0, 0.1) is 13.8 Å². The number of imidazole rings is 1. The van der Waals surface area contributed by atoms with Crippen molar-refractivity contribution in [2.75, 3.05) is 0 Å². The Labute approximate surface area is 138 Å². The minimum Gasteiger partial charge on any atom is -0.444 e. The molecular weight excluding hydrogens is 283 g/mol. The average molecular weight is 306 g/mol. The normalized spacial score (nSPS) is 11.1. The van der Waals surface area contributed by atoms with Gasteiger partial charge in [0.2, 0.25) is 5.72 Å². The van der Waals surface area contributed by atoms with Crippen LogP contribution < -0.4 is 10.3 Å². The van der Waals surface area contributed by atoms with Crippen LogP contribution in [0.3, 0.4) is 0 Å². The van der Waals surface area contributed by atoms with E-state index in [0.717, 1.165) is 41.8 Å². The maximum absolute atomic E-state index is 9.95. The third kappa shape index (κ3) is 2.79. The van der Waals surface area contributed by atoms with Crippen LogP contribution in [0.1, 0.15) is 30.9 Å². The molecule has 0 spiro atoms. The van der Waals surface area contributed by atoms with Gasteiger partial charge in [0.15, 0.2) is 11.0 Å². The van der Waals surface area contributed by atoms with Crippen LogP contribution in [-0.4, -0.2) is 17.1 Å². The molecule has 0 fully saturated rings. The monoisotopic (exact) mass is 306 g/mol. The molecule has 1 N–H and O–H groups in total. The summed E-state index contributed by atoms with van der Waals surface area (Å²) in [5, 5.41) is 9.95. The summed E-state index contributed by atoms with van der Waals surface area (Å²) in [7, 11) is 1.23. The maximum atomic E-state index is 9.95. The van der Waals surface area contributed by atoms with Crippen LogP contribution in [-0.2, 0) is 6.54 Å². The summed E-state index contributed by atoms with van der Waals surface area (Å²) in [6.07, 6.45) is 2.22. The van der Waals surface area contributed by atoms with Crippen LogP contribution in [0.4, 0.5) is 0 Å². The molecule has 3 aromatic rings. The predicted molar refractivity (Wildman–Crippen MR) is 95.5 cm³/mol. The highest BCUT2D eigenvalue weighted by atomic mass is 16.2. The first-order valence-corrected chi connectivity index (χ1v) is 8.25. The number of fused-ring (bicyclic) bond motifs is 1. The smallest absolute Gasteiger partial charge is 0.441 e. The van der Waals surface area contributed by atoms with Gasteiger partial charge in [0.25, 0.3) is 0 Å². The molecule has 1 aromatic heterocycles.